The third-order valence-corrected chi connectivity index (χ3v) is 8.18. The Labute approximate surface area is 418 Å². The van der Waals surface area contributed by atoms with Crippen LogP contribution in [0, 0.1) is 0 Å². The normalized spacial score (nSPS) is 12.2. The number of hydrogen-bond donors (Lipinski definition) is 8. The van der Waals surface area contributed by atoms with Gasteiger partial charge in [0.05, 0.1) is 22.3 Å². The van der Waals surface area contributed by atoms with Gasteiger partial charge in [0, 0.05) is 10.4 Å². The number of aldehydes is 1. The third kappa shape index (κ3) is 44.7. The molecule has 0 aliphatic carbocycles. The van der Waals surface area contributed by atoms with Crippen molar-refractivity contribution < 1.29 is 163 Å². The molecule has 3 aromatic rings. The Hall–Kier alpha value is -0.902. The molecule has 0 aliphatic heterocycles. The number of aliphatic hydroxyl groups is 5. The van der Waals surface area contributed by atoms with Crippen molar-refractivity contribution in [2.45, 2.75) is 83.7 Å². The molecule has 0 aromatic heterocycles. The average Bonchev–Trinajstić information content (AvgIpc) is 3.15. The average molecular weight is 1100 g/mol. The quantitative estimate of drug-likeness (QED) is 0.0199. The maximum atomic E-state index is 9.90. The Bertz CT molecular complexity index is 1600. The van der Waals surface area contributed by atoms with Gasteiger partial charge in [-0.05, 0) is 70.8 Å². The fourth-order valence-electron chi connectivity index (χ4n) is 3.48. The van der Waals surface area contributed by atoms with Gasteiger partial charge < -0.3 is 87.1 Å². The van der Waals surface area contributed by atoms with Gasteiger partial charge in [0.15, 0.2) is 23.5 Å². The van der Waals surface area contributed by atoms with Crippen LogP contribution in [0.25, 0.3) is 0 Å². The van der Waals surface area contributed by atoms with Crippen molar-refractivity contribution in [3.8, 4) is 17.2 Å². The summed E-state index contributed by atoms with van der Waals surface area (Å²) >= 11 is 0. The van der Waals surface area contributed by atoms with E-state index >= 15 is 0 Å². The van der Waals surface area contributed by atoms with Gasteiger partial charge in [-0.2, -0.15) is 0 Å². The summed E-state index contributed by atoms with van der Waals surface area (Å²) in [7, 11) is -16.5. The van der Waals surface area contributed by atoms with Crippen molar-refractivity contribution in [1.29, 1.82) is 0 Å². The van der Waals surface area contributed by atoms with Gasteiger partial charge in [-0.25, -0.2) is 15.8 Å². The standard InChI is InChI=1S/3C9H12O2.C6H12O6.3Fe.Na.H4O7P2.H2O4S.H/c3*1-7(2)8-3-5-9(11-10)6-4-8;7-1-3(9)5(11)6(12)4(10)2-8;;;;;1-8(2,3)7-9(4,5)6;1-5(2,3)4;/h3*3-7,10H,1-2H3;1,3-6,8-12H,2H2;;;;;(H2,1,2,3)(H2,4,5,6);(H2,1,2,3,4);/q;;;;3*+2;;;;/p-6/t;;;3-,4+,5+,6+;;;;;;;/m...0......./s1. The number of hydrogen-bond acceptors (Lipinski definition) is 23. The first kappa shape index (κ1) is 76.4. The maximum absolute atomic E-state index is 9.90. The van der Waals surface area contributed by atoms with Crippen molar-refractivity contribution in [2.24, 2.45) is 0 Å². The summed E-state index contributed by atoms with van der Waals surface area (Å²) in [6.45, 7) is 12.0. The molecule has 360 valence electrons. The molecule has 0 bridgehead atoms. The molecule has 8 N–H and O–H groups in total. The predicted octanol–water partition coefficient (Wildman–Crippen LogP) is -0.727. The summed E-state index contributed by atoms with van der Waals surface area (Å²) in [4.78, 5) is 59.3. The number of rotatable bonds is 13. The second-order valence-electron chi connectivity index (χ2n) is 12.2. The zero-order chi connectivity index (χ0) is 46.7. The van der Waals surface area contributed by atoms with Gasteiger partial charge in [-0.1, -0.05) is 77.9 Å². The predicted molar refractivity (Wildman–Crippen MR) is 202 cm³/mol. The van der Waals surface area contributed by atoms with E-state index in [2.05, 4.69) is 60.5 Å². The fourth-order valence-corrected chi connectivity index (χ4v) is 4.46. The van der Waals surface area contributed by atoms with Crippen LogP contribution in [-0.2, 0) is 79.8 Å². The monoisotopic (exact) mass is 1100 g/mol. The molecule has 0 unspecified atom stereocenters. The van der Waals surface area contributed by atoms with Gasteiger partial charge >= 0.3 is 80.8 Å². The topological polar surface area (TPSA) is 422 Å². The second-order valence-corrected chi connectivity index (χ2v) is 15.4. The van der Waals surface area contributed by atoms with E-state index in [-0.39, 0.29) is 87.0 Å². The van der Waals surface area contributed by atoms with Crippen LogP contribution in [0.4, 0.5) is 0 Å². The van der Waals surface area contributed by atoms with Crippen molar-refractivity contribution in [3.63, 3.8) is 0 Å². The molecule has 0 aliphatic rings. The summed E-state index contributed by atoms with van der Waals surface area (Å²) in [6.07, 6.45) is -6.84. The number of carbonyl (C=O) groups excluding carboxylic acids is 1. The van der Waals surface area contributed by atoms with E-state index in [1.54, 1.807) is 36.4 Å². The van der Waals surface area contributed by atoms with Crippen LogP contribution in [0.1, 0.15) is 76.0 Å². The molecule has 3 rings (SSSR count). The Morgan fingerprint density at radius 3 is 0.921 bits per heavy atom. The van der Waals surface area contributed by atoms with Crippen molar-refractivity contribution in [2.75, 3.05) is 6.61 Å². The van der Waals surface area contributed by atoms with Crippen molar-refractivity contribution in [1.82, 2.24) is 0 Å². The molecule has 4 atom stereocenters. The van der Waals surface area contributed by atoms with Gasteiger partial charge in [-0.15, -0.1) is 0 Å². The molecule has 0 radical (unpaired) electrons. The zero-order valence-electron chi connectivity index (χ0n) is 33.3. The molecule has 0 spiro atoms. The molecule has 63 heavy (non-hydrogen) atoms. The summed E-state index contributed by atoms with van der Waals surface area (Å²) < 4.78 is 55.2. The van der Waals surface area contributed by atoms with Crippen LogP contribution in [0.3, 0.4) is 0 Å². The molecular formula is C33H49Fe3NaO23P2S. The van der Waals surface area contributed by atoms with Crippen LogP contribution >= 0.6 is 15.6 Å². The molecule has 23 nitrogen and oxygen atoms in total. The van der Waals surface area contributed by atoms with E-state index in [0.717, 1.165) is 0 Å². The van der Waals surface area contributed by atoms with Crippen LogP contribution in [0.5, 0.6) is 17.2 Å². The number of benzene rings is 3. The van der Waals surface area contributed by atoms with E-state index in [9.17, 15) is 33.5 Å². The number of carbonyl (C=O) groups is 1. The zero-order valence-corrected chi connectivity index (χ0v) is 39.2. The summed E-state index contributed by atoms with van der Waals surface area (Å²) in [5.41, 5.74) is 3.72. The molecule has 30 heteroatoms. The van der Waals surface area contributed by atoms with Gasteiger partial charge in [-0.3, -0.25) is 8.42 Å². The Kier molecular flexibility index (Phi) is 48.7. The molecule has 0 amide bonds. The number of phosphoric acid groups is 2. The molecule has 0 heterocycles. The number of aliphatic hydroxyl groups excluding tert-OH is 5. The minimum absolute atomic E-state index is 0. The van der Waals surface area contributed by atoms with E-state index in [1.165, 1.54) is 16.7 Å². The van der Waals surface area contributed by atoms with Gasteiger partial charge in [0.25, 0.3) is 0 Å². The van der Waals surface area contributed by atoms with Crippen LogP contribution in [-0.4, -0.2) is 126 Å². The van der Waals surface area contributed by atoms with E-state index in [4.69, 9.17) is 58.8 Å². The van der Waals surface area contributed by atoms with Crippen LogP contribution in [0.15, 0.2) is 72.8 Å². The Morgan fingerprint density at radius 2 is 0.794 bits per heavy atom. The third-order valence-electron chi connectivity index (χ3n) is 6.58. The van der Waals surface area contributed by atoms with Crippen LogP contribution < -0.4 is 34.2 Å². The molecule has 0 saturated heterocycles. The molecule has 0 saturated carbocycles. The van der Waals surface area contributed by atoms with Gasteiger partial charge in [0.1, 0.15) is 24.4 Å². The minimum atomic E-state index is -5.68. The van der Waals surface area contributed by atoms with Crippen molar-refractivity contribution in [3.05, 3.63) is 89.5 Å². The van der Waals surface area contributed by atoms with E-state index < -0.39 is 57.1 Å². The van der Waals surface area contributed by atoms with Gasteiger partial charge in [0.2, 0.25) is 0 Å². The Morgan fingerprint density at radius 1 is 0.571 bits per heavy atom. The SMILES string of the molecule is CC(C)c1ccc(OO)cc1.CC(C)c1ccc(OO)cc1.CC(C)c1ccc(OO)cc1.O=C[C@H](O)[C@@H](O)[C@H](O)[C@H](O)CO.O=P([O-])([O-])OP(=O)([O-])[O-].O=S(=O)([O-])[O-].[Fe+2].[Fe+2].[Fe+2].[NaH]. The summed E-state index contributed by atoms with van der Waals surface area (Å²) in [6, 6.07) is 22.1. The summed E-state index contributed by atoms with van der Waals surface area (Å²) in [5, 5.41) is 68.3. The van der Waals surface area contributed by atoms with E-state index in [1.807, 2.05) is 36.4 Å². The summed E-state index contributed by atoms with van der Waals surface area (Å²) in [5.74, 6) is 2.99. The molecular weight excluding hydrogens is 1050 g/mol. The van der Waals surface area contributed by atoms with Crippen LogP contribution in [0.2, 0.25) is 0 Å². The first-order chi connectivity index (χ1) is 27.0. The van der Waals surface area contributed by atoms with Crippen molar-refractivity contribution >= 4 is 61.9 Å². The second kappa shape index (κ2) is 40.2. The molecule has 0 fully saturated rings. The fraction of sp³-hybridized carbons (Fsp3) is 0.424. The first-order valence-electron chi connectivity index (χ1n) is 16.4. The first-order valence-corrected chi connectivity index (χ1v) is 20.7. The Balaban J connectivity index is -0.000000120. The van der Waals surface area contributed by atoms with E-state index in [0.29, 0.717) is 35.0 Å². The molecule has 3 aromatic carbocycles.